The lowest BCUT2D eigenvalue weighted by molar-refractivity contribution is -0.124. The van der Waals surface area contributed by atoms with Crippen LogP contribution in [0.5, 0.6) is 0 Å². The van der Waals surface area contributed by atoms with Gasteiger partial charge in [-0.1, -0.05) is 32.1 Å². The van der Waals surface area contributed by atoms with E-state index < -0.39 is 6.10 Å². The fraction of sp³-hybridized carbons (Fsp3) is 0.583. The fourth-order valence-electron chi connectivity index (χ4n) is 2.68. The van der Waals surface area contributed by atoms with Crippen molar-refractivity contribution in [1.29, 1.82) is 0 Å². The minimum atomic E-state index is -0.458. The van der Waals surface area contributed by atoms with Crippen molar-refractivity contribution in [2.75, 3.05) is 0 Å². The predicted octanol–water partition coefficient (Wildman–Crippen LogP) is 1.56. The molecule has 0 fully saturated rings. The van der Waals surface area contributed by atoms with Crippen molar-refractivity contribution in [3.05, 3.63) is 24.3 Å². The molecule has 0 spiro atoms. The first kappa shape index (κ1) is 9.66. The molecule has 2 aliphatic carbocycles. The lowest BCUT2D eigenvalue weighted by Crippen LogP contribution is -2.43. The van der Waals surface area contributed by atoms with Crippen molar-refractivity contribution >= 4 is 5.78 Å². The number of allylic oxidation sites excluding steroid dienone is 3. The summed E-state index contributed by atoms with van der Waals surface area (Å²) in [5.41, 5.74) is 0. The Labute approximate surface area is 84.3 Å². The van der Waals surface area contributed by atoms with Crippen molar-refractivity contribution in [1.82, 2.24) is 0 Å². The van der Waals surface area contributed by atoms with Gasteiger partial charge in [0.05, 0.1) is 6.10 Å². The van der Waals surface area contributed by atoms with E-state index in [1.807, 2.05) is 6.92 Å². The van der Waals surface area contributed by atoms with E-state index in [9.17, 15) is 9.90 Å². The molecule has 0 aromatic carbocycles. The molecular weight excluding hydrogens is 176 g/mol. The number of aliphatic hydroxyl groups excluding tert-OH is 1. The predicted molar refractivity (Wildman–Crippen MR) is 54.6 cm³/mol. The molecule has 2 aliphatic rings. The molecule has 2 rings (SSSR count). The maximum atomic E-state index is 11.7. The van der Waals surface area contributed by atoms with Crippen LogP contribution in [-0.4, -0.2) is 17.0 Å². The van der Waals surface area contributed by atoms with Crippen LogP contribution >= 0.6 is 0 Å². The second kappa shape index (κ2) is 3.35. The van der Waals surface area contributed by atoms with Crippen molar-refractivity contribution in [3.8, 4) is 0 Å². The molecule has 14 heavy (non-hydrogen) atoms. The Bertz CT molecular complexity index is 303. The lowest BCUT2D eigenvalue weighted by Gasteiger charge is -2.39. The van der Waals surface area contributed by atoms with Crippen LogP contribution in [0, 0.1) is 23.7 Å². The molecule has 0 aromatic rings. The SMILES string of the molecule is C[C@@H]1C=C[C@H](C)[C@@H]2C(=O)C=C[C@H](O)[C@@H]21. The maximum Gasteiger partial charge on any atom is 0.159 e. The zero-order valence-corrected chi connectivity index (χ0v) is 8.55. The van der Waals surface area contributed by atoms with Crippen LogP contribution in [-0.2, 0) is 4.79 Å². The molecule has 0 saturated heterocycles. The summed E-state index contributed by atoms with van der Waals surface area (Å²) in [4.78, 5) is 11.7. The Kier molecular flexibility index (Phi) is 2.31. The van der Waals surface area contributed by atoms with E-state index in [1.165, 1.54) is 6.08 Å². The van der Waals surface area contributed by atoms with Crippen molar-refractivity contribution in [2.45, 2.75) is 20.0 Å². The first-order valence-electron chi connectivity index (χ1n) is 5.19. The van der Waals surface area contributed by atoms with E-state index in [2.05, 4.69) is 19.1 Å². The second-order valence-electron chi connectivity index (χ2n) is 4.46. The van der Waals surface area contributed by atoms with Gasteiger partial charge >= 0.3 is 0 Å². The van der Waals surface area contributed by atoms with Crippen LogP contribution in [0.1, 0.15) is 13.8 Å². The average molecular weight is 192 g/mol. The van der Waals surface area contributed by atoms with Gasteiger partial charge in [-0.15, -0.1) is 0 Å². The van der Waals surface area contributed by atoms with Crippen molar-refractivity contribution in [3.63, 3.8) is 0 Å². The lowest BCUT2D eigenvalue weighted by atomic mass is 9.65. The van der Waals surface area contributed by atoms with Gasteiger partial charge in [-0.2, -0.15) is 0 Å². The zero-order valence-electron chi connectivity index (χ0n) is 8.55. The van der Waals surface area contributed by atoms with Crippen LogP contribution in [0.2, 0.25) is 0 Å². The van der Waals surface area contributed by atoms with Gasteiger partial charge in [-0.3, -0.25) is 4.79 Å². The van der Waals surface area contributed by atoms with Gasteiger partial charge in [0.1, 0.15) is 0 Å². The topological polar surface area (TPSA) is 37.3 Å². The largest absolute Gasteiger partial charge is 0.389 e. The molecule has 0 heterocycles. The van der Waals surface area contributed by atoms with Gasteiger partial charge in [0, 0.05) is 11.8 Å². The van der Waals surface area contributed by atoms with E-state index in [0.717, 1.165) is 0 Å². The Balaban J connectivity index is 2.38. The molecule has 0 aliphatic heterocycles. The molecule has 5 atom stereocenters. The normalized spacial score (nSPS) is 46.5. The van der Waals surface area contributed by atoms with E-state index in [0.29, 0.717) is 5.92 Å². The van der Waals surface area contributed by atoms with E-state index >= 15 is 0 Å². The molecule has 76 valence electrons. The number of carbonyl (C=O) groups is 1. The highest BCUT2D eigenvalue weighted by atomic mass is 16.3. The molecule has 2 heteroatoms. The Morgan fingerprint density at radius 2 is 1.79 bits per heavy atom. The highest BCUT2D eigenvalue weighted by molar-refractivity contribution is 5.93. The Hall–Kier alpha value is -0.890. The number of carbonyl (C=O) groups excluding carboxylic acids is 1. The fourth-order valence-corrected chi connectivity index (χ4v) is 2.68. The Morgan fingerprint density at radius 1 is 1.14 bits per heavy atom. The zero-order chi connectivity index (χ0) is 10.3. The highest BCUT2D eigenvalue weighted by Gasteiger charge is 2.41. The molecule has 0 amide bonds. The average Bonchev–Trinajstić information content (AvgIpc) is 2.16. The molecule has 0 bridgehead atoms. The smallest absolute Gasteiger partial charge is 0.159 e. The number of hydrogen-bond donors (Lipinski definition) is 1. The summed E-state index contributed by atoms with van der Waals surface area (Å²) in [5, 5.41) is 9.84. The second-order valence-corrected chi connectivity index (χ2v) is 4.46. The molecule has 2 nitrogen and oxygen atoms in total. The van der Waals surface area contributed by atoms with E-state index in [-0.39, 0.29) is 23.5 Å². The summed E-state index contributed by atoms with van der Waals surface area (Å²) >= 11 is 0. The monoisotopic (exact) mass is 192 g/mol. The van der Waals surface area contributed by atoms with Crippen LogP contribution in [0.4, 0.5) is 0 Å². The van der Waals surface area contributed by atoms with Gasteiger partial charge < -0.3 is 5.11 Å². The van der Waals surface area contributed by atoms with Crippen molar-refractivity contribution < 1.29 is 9.90 Å². The summed E-state index contributed by atoms with van der Waals surface area (Å²) in [6.07, 6.45) is 6.91. The van der Waals surface area contributed by atoms with Crippen molar-refractivity contribution in [2.24, 2.45) is 23.7 Å². The first-order valence-corrected chi connectivity index (χ1v) is 5.19. The van der Waals surface area contributed by atoms with Gasteiger partial charge in [0.15, 0.2) is 5.78 Å². The summed E-state index contributed by atoms with van der Waals surface area (Å²) in [6, 6.07) is 0. The molecule has 0 unspecified atom stereocenters. The minimum Gasteiger partial charge on any atom is -0.389 e. The third-order valence-electron chi connectivity index (χ3n) is 3.49. The standard InChI is InChI=1S/C12H16O2/c1-7-3-4-8(2)12-10(14)6-5-9(13)11(7)12/h3-9,11-13H,1-2H3/t7-,8+,9+,11+,12-/m1/s1. The minimum absolute atomic E-state index is 0.0185. The van der Waals surface area contributed by atoms with Crippen LogP contribution in [0.25, 0.3) is 0 Å². The molecule has 0 saturated carbocycles. The van der Waals surface area contributed by atoms with Crippen LogP contribution < -0.4 is 0 Å². The summed E-state index contributed by atoms with van der Waals surface area (Å²) < 4.78 is 0. The van der Waals surface area contributed by atoms with Crippen LogP contribution in [0.15, 0.2) is 24.3 Å². The van der Waals surface area contributed by atoms with Gasteiger partial charge in [-0.25, -0.2) is 0 Å². The van der Waals surface area contributed by atoms with Crippen LogP contribution in [0.3, 0.4) is 0 Å². The Morgan fingerprint density at radius 3 is 2.43 bits per heavy atom. The molecular formula is C12H16O2. The third kappa shape index (κ3) is 1.34. The summed E-state index contributed by atoms with van der Waals surface area (Å²) in [6.45, 7) is 4.11. The molecule has 1 N–H and O–H groups in total. The number of hydrogen-bond acceptors (Lipinski definition) is 2. The van der Waals surface area contributed by atoms with Gasteiger partial charge in [0.2, 0.25) is 0 Å². The molecule has 0 aromatic heterocycles. The first-order chi connectivity index (χ1) is 6.61. The summed E-state index contributed by atoms with van der Waals surface area (Å²) in [5.74, 6) is 0.773. The highest BCUT2D eigenvalue weighted by Crippen LogP contribution is 2.39. The quantitative estimate of drug-likeness (QED) is 0.591. The van der Waals surface area contributed by atoms with Gasteiger partial charge in [-0.05, 0) is 17.9 Å². The third-order valence-corrected chi connectivity index (χ3v) is 3.49. The number of rotatable bonds is 0. The maximum absolute atomic E-state index is 11.7. The number of aliphatic hydroxyl groups is 1. The van der Waals surface area contributed by atoms with E-state index in [4.69, 9.17) is 0 Å². The number of ketones is 1. The van der Waals surface area contributed by atoms with Gasteiger partial charge in [0.25, 0.3) is 0 Å². The molecule has 0 radical (unpaired) electrons. The summed E-state index contributed by atoms with van der Waals surface area (Å²) in [7, 11) is 0. The van der Waals surface area contributed by atoms with E-state index in [1.54, 1.807) is 6.08 Å². The number of fused-ring (bicyclic) bond motifs is 1.